The highest BCUT2D eigenvalue weighted by molar-refractivity contribution is 5.78. The van der Waals surface area contributed by atoms with Crippen LogP contribution in [0.2, 0.25) is 0 Å². The molecule has 1 amide bonds. The van der Waals surface area contributed by atoms with Crippen molar-refractivity contribution in [1.82, 2.24) is 5.32 Å². The molecule has 0 bridgehead atoms. The van der Waals surface area contributed by atoms with Crippen LogP contribution in [-0.4, -0.2) is 23.6 Å². The van der Waals surface area contributed by atoms with Crippen molar-refractivity contribution in [2.75, 3.05) is 6.61 Å². The first-order chi connectivity index (χ1) is 12.1. The van der Waals surface area contributed by atoms with Gasteiger partial charge in [-0.15, -0.1) is 0 Å². The minimum absolute atomic E-state index is 0.115. The third-order valence-corrected chi connectivity index (χ3v) is 4.99. The van der Waals surface area contributed by atoms with Crippen LogP contribution >= 0.6 is 0 Å². The molecule has 25 heavy (non-hydrogen) atoms. The number of ether oxygens (including phenoxy) is 1. The topological polar surface area (TPSA) is 75.6 Å². The number of hydrogen-bond acceptors (Lipinski definition) is 3. The van der Waals surface area contributed by atoms with Gasteiger partial charge in [0.1, 0.15) is 5.75 Å². The lowest BCUT2D eigenvalue weighted by molar-refractivity contribution is -0.137. The molecule has 1 saturated carbocycles. The van der Waals surface area contributed by atoms with Crippen LogP contribution in [0.15, 0.2) is 24.3 Å². The van der Waals surface area contributed by atoms with Gasteiger partial charge in [-0.1, -0.05) is 25.5 Å². The highest BCUT2D eigenvalue weighted by Crippen LogP contribution is 2.30. The maximum atomic E-state index is 12.3. The fourth-order valence-electron chi connectivity index (χ4n) is 3.28. The third kappa shape index (κ3) is 6.77. The van der Waals surface area contributed by atoms with Gasteiger partial charge in [0.05, 0.1) is 6.61 Å². The van der Waals surface area contributed by atoms with E-state index in [1.165, 1.54) is 19.3 Å². The van der Waals surface area contributed by atoms with Gasteiger partial charge in [-0.2, -0.15) is 0 Å². The second-order valence-electron chi connectivity index (χ2n) is 6.83. The second-order valence-corrected chi connectivity index (χ2v) is 6.83. The fraction of sp³-hybridized carbons (Fsp3) is 0.600. The van der Waals surface area contributed by atoms with E-state index < -0.39 is 5.97 Å². The number of benzene rings is 1. The molecule has 0 aromatic heterocycles. The Morgan fingerprint density at radius 1 is 1.16 bits per heavy atom. The van der Waals surface area contributed by atoms with Crippen molar-refractivity contribution in [2.24, 2.45) is 11.8 Å². The van der Waals surface area contributed by atoms with Crippen LogP contribution in [0.3, 0.4) is 0 Å². The van der Waals surface area contributed by atoms with Crippen molar-refractivity contribution in [1.29, 1.82) is 0 Å². The van der Waals surface area contributed by atoms with Crippen LogP contribution in [0.1, 0.15) is 57.4 Å². The predicted octanol–water partition coefficient (Wildman–Crippen LogP) is 3.76. The molecule has 1 aliphatic rings. The van der Waals surface area contributed by atoms with Crippen molar-refractivity contribution in [2.45, 2.75) is 58.4 Å². The zero-order valence-corrected chi connectivity index (χ0v) is 15.0. The Morgan fingerprint density at radius 2 is 1.84 bits per heavy atom. The summed E-state index contributed by atoms with van der Waals surface area (Å²) in [5.41, 5.74) is 1.04. The Morgan fingerprint density at radius 3 is 2.44 bits per heavy atom. The lowest BCUT2D eigenvalue weighted by Crippen LogP contribution is -2.32. The number of rotatable bonds is 9. The summed E-state index contributed by atoms with van der Waals surface area (Å²) in [6.45, 7) is 3.15. The number of nitrogens with one attached hydrogen (secondary N) is 1. The summed E-state index contributed by atoms with van der Waals surface area (Å²) in [7, 11) is 0. The normalized spacial score (nSPS) is 20.0. The zero-order chi connectivity index (χ0) is 18.1. The molecule has 5 nitrogen and oxygen atoms in total. The maximum absolute atomic E-state index is 12.3. The van der Waals surface area contributed by atoms with Crippen molar-refractivity contribution in [3.63, 3.8) is 0 Å². The largest absolute Gasteiger partial charge is 0.494 e. The van der Waals surface area contributed by atoms with E-state index in [4.69, 9.17) is 9.84 Å². The van der Waals surface area contributed by atoms with E-state index in [1.54, 1.807) is 0 Å². The maximum Gasteiger partial charge on any atom is 0.303 e. The number of amides is 1. The third-order valence-electron chi connectivity index (χ3n) is 4.99. The molecule has 0 radical (unpaired) electrons. The van der Waals surface area contributed by atoms with Crippen LogP contribution in [0, 0.1) is 11.8 Å². The average molecular weight is 347 g/mol. The molecule has 0 spiro atoms. The molecule has 1 aromatic rings. The van der Waals surface area contributed by atoms with Crippen molar-refractivity contribution < 1.29 is 19.4 Å². The Labute approximate surface area is 149 Å². The molecular formula is C20H29NO4. The van der Waals surface area contributed by atoms with E-state index in [1.807, 2.05) is 24.3 Å². The minimum Gasteiger partial charge on any atom is -0.494 e. The molecule has 5 heteroatoms. The highest BCUT2D eigenvalue weighted by atomic mass is 16.5. The van der Waals surface area contributed by atoms with Crippen molar-refractivity contribution in [3.05, 3.63) is 29.8 Å². The van der Waals surface area contributed by atoms with E-state index in [-0.39, 0.29) is 18.2 Å². The molecule has 138 valence electrons. The van der Waals surface area contributed by atoms with Gasteiger partial charge in [0.2, 0.25) is 5.91 Å². The molecule has 0 atom stereocenters. The molecule has 0 unspecified atom stereocenters. The van der Waals surface area contributed by atoms with Gasteiger partial charge in [-0.3, -0.25) is 9.59 Å². The average Bonchev–Trinajstić information content (AvgIpc) is 2.64. The quantitative estimate of drug-likeness (QED) is 0.667. The van der Waals surface area contributed by atoms with Gasteiger partial charge < -0.3 is 15.2 Å². The highest BCUT2D eigenvalue weighted by Gasteiger charge is 2.25. The molecule has 0 aliphatic heterocycles. The number of carbonyl (C=O) groups excluding carboxylic acids is 1. The van der Waals surface area contributed by atoms with Crippen LogP contribution in [-0.2, 0) is 16.1 Å². The lowest BCUT2D eigenvalue weighted by atomic mass is 9.80. The van der Waals surface area contributed by atoms with E-state index >= 15 is 0 Å². The summed E-state index contributed by atoms with van der Waals surface area (Å²) in [4.78, 5) is 22.7. The lowest BCUT2D eigenvalue weighted by Gasteiger charge is -2.26. The molecule has 1 aromatic carbocycles. The van der Waals surface area contributed by atoms with E-state index in [0.717, 1.165) is 30.1 Å². The number of hydrogen-bond donors (Lipinski definition) is 2. The molecule has 1 aliphatic carbocycles. The van der Waals surface area contributed by atoms with Crippen LogP contribution in [0.4, 0.5) is 0 Å². The first-order valence-corrected chi connectivity index (χ1v) is 9.29. The summed E-state index contributed by atoms with van der Waals surface area (Å²) in [5.74, 6) is 1.05. The number of carboxylic acids is 1. The summed E-state index contributed by atoms with van der Waals surface area (Å²) >= 11 is 0. The minimum atomic E-state index is -0.808. The van der Waals surface area contributed by atoms with Gasteiger partial charge in [-0.05, 0) is 55.7 Å². The van der Waals surface area contributed by atoms with Gasteiger partial charge in [-0.25, -0.2) is 0 Å². The van der Waals surface area contributed by atoms with Crippen LogP contribution in [0.25, 0.3) is 0 Å². The second kappa shape index (κ2) is 10.1. The number of aliphatic carboxylic acids is 1. The molecule has 0 saturated heterocycles. The Kier molecular flexibility index (Phi) is 7.76. The standard InChI is InChI=1S/C20H29NO4/c1-2-15-5-9-17(10-6-15)20(24)21-14-16-7-11-18(12-8-16)25-13-3-4-19(22)23/h7-8,11-12,15,17H,2-6,9-10,13-14H2,1H3,(H,21,24)(H,22,23). The zero-order valence-electron chi connectivity index (χ0n) is 15.0. The Balaban J connectivity index is 1.68. The van der Waals surface area contributed by atoms with Crippen LogP contribution < -0.4 is 10.1 Å². The first kappa shape index (κ1) is 19.3. The molecular weight excluding hydrogens is 318 g/mol. The fourth-order valence-corrected chi connectivity index (χ4v) is 3.28. The van der Waals surface area contributed by atoms with E-state index in [0.29, 0.717) is 19.6 Å². The summed E-state index contributed by atoms with van der Waals surface area (Å²) in [6, 6.07) is 7.57. The van der Waals surface area contributed by atoms with Crippen molar-refractivity contribution >= 4 is 11.9 Å². The SMILES string of the molecule is CCC1CCC(C(=O)NCc2ccc(OCCCC(=O)O)cc2)CC1. The predicted molar refractivity (Wildman–Crippen MR) is 96.4 cm³/mol. The first-order valence-electron chi connectivity index (χ1n) is 9.29. The summed E-state index contributed by atoms with van der Waals surface area (Å²) in [6.07, 6.45) is 6.18. The number of carboxylic acid groups (broad SMARTS) is 1. The molecule has 2 N–H and O–H groups in total. The van der Waals surface area contributed by atoms with Crippen molar-refractivity contribution in [3.8, 4) is 5.75 Å². The summed E-state index contributed by atoms with van der Waals surface area (Å²) in [5, 5.41) is 11.6. The molecule has 1 fully saturated rings. The van der Waals surface area contributed by atoms with Gasteiger partial charge >= 0.3 is 5.97 Å². The molecule has 0 heterocycles. The monoisotopic (exact) mass is 347 g/mol. The smallest absolute Gasteiger partial charge is 0.303 e. The number of carbonyl (C=O) groups is 2. The van der Waals surface area contributed by atoms with E-state index in [9.17, 15) is 9.59 Å². The van der Waals surface area contributed by atoms with Gasteiger partial charge in [0, 0.05) is 18.9 Å². The summed E-state index contributed by atoms with van der Waals surface area (Å²) < 4.78 is 5.50. The Hall–Kier alpha value is -2.04. The van der Waals surface area contributed by atoms with E-state index in [2.05, 4.69) is 12.2 Å². The van der Waals surface area contributed by atoms with Crippen LogP contribution in [0.5, 0.6) is 5.75 Å². The van der Waals surface area contributed by atoms with Gasteiger partial charge in [0.25, 0.3) is 0 Å². The van der Waals surface area contributed by atoms with Gasteiger partial charge in [0.15, 0.2) is 0 Å². The Bertz CT molecular complexity index is 547. The molecule has 2 rings (SSSR count).